The van der Waals surface area contributed by atoms with Crippen LogP contribution < -0.4 is 5.32 Å². The molecule has 2 fully saturated rings. The summed E-state index contributed by atoms with van der Waals surface area (Å²) >= 11 is 0. The molecule has 0 saturated carbocycles. The van der Waals surface area contributed by atoms with Crippen molar-refractivity contribution in [1.29, 1.82) is 0 Å². The number of morpholine rings is 1. The highest BCUT2D eigenvalue weighted by Crippen LogP contribution is 2.48. The van der Waals surface area contributed by atoms with E-state index in [9.17, 15) is 9.36 Å². The normalized spacial score (nSPS) is 24.4. The zero-order valence-electron chi connectivity index (χ0n) is 20.4. The maximum Gasteiger partial charge on any atom is 0.269 e. The lowest BCUT2D eigenvalue weighted by atomic mass is 10.0. The summed E-state index contributed by atoms with van der Waals surface area (Å²) in [6.45, 7) is 7.01. The highest BCUT2D eigenvalue weighted by molar-refractivity contribution is 7.55. The highest BCUT2D eigenvalue weighted by Gasteiger charge is 2.33. The van der Waals surface area contributed by atoms with Crippen LogP contribution in [0.1, 0.15) is 30.1 Å². The molecule has 3 unspecified atom stereocenters. The fourth-order valence-electron chi connectivity index (χ4n) is 4.78. The molecule has 0 aliphatic carbocycles. The molecule has 184 valence electrons. The van der Waals surface area contributed by atoms with E-state index in [0.717, 1.165) is 37.1 Å². The van der Waals surface area contributed by atoms with Gasteiger partial charge >= 0.3 is 0 Å². The van der Waals surface area contributed by atoms with Gasteiger partial charge in [0.25, 0.3) is 13.4 Å². The number of nitrogens with zero attached hydrogens (tertiary/aromatic N) is 2. The summed E-state index contributed by atoms with van der Waals surface area (Å²) in [5.74, 6) is -0.0696. The van der Waals surface area contributed by atoms with Gasteiger partial charge in [0.1, 0.15) is 0 Å². The molecule has 4 rings (SSSR count). The Morgan fingerprint density at radius 3 is 2.50 bits per heavy atom. The fourth-order valence-corrected chi connectivity index (χ4v) is 6.35. The van der Waals surface area contributed by atoms with Crippen molar-refractivity contribution in [2.45, 2.75) is 38.0 Å². The molecule has 2 saturated heterocycles. The van der Waals surface area contributed by atoms with Crippen molar-refractivity contribution in [3.63, 3.8) is 0 Å². The second kappa shape index (κ2) is 11.1. The molecule has 2 aliphatic heterocycles. The number of benzene rings is 2. The van der Waals surface area contributed by atoms with E-state index in [4.69, 9.17) is 9.26 Å². The minimum Gasteiger partial charge on any atom is -0.370 e. The summed E-state index contributed by atoms with van der Waals surface area (Å²) in [5.41, 5.74) is 2.76. The van der Waals surface area contributed by atoms with Gasteiger partial charge in [-0.15, -0.1) is 0 Å². The molecule has 34 heavy (non-hydrogen) atoms. The SMILES string of the molecule is CC1CN(C)CC(COP(C)(=O)N2CCC(NC(=O)c3cccc(-c4ccccc4)c3)CC2)O1. The van der Waals surface area contributed by atoms with Gasteiger partial charge in [0.2, 0.25) is 0 Å². The average molecular weight is 486 g/mol. The third-order valence-corrected chi connectivity index (χ3v) is 8.62. The number of amides is 1. The quantitative estimate of drug-likeness (QED) is 0.596. The van der Waals surface area contributed by atoms with E-state index in [1.54, 1.807) is 6.66 Å². The number of hydrogen-bond donors (Lipinski definition) is 1. The number of ether oxygens (including phenoxy) is 1. The van der Waals surface area contributed by atoms with Crippen LogP contribution in [0.4, 0.5) is 0 Å². The van der Waals surface area contributed by atoms with Gasteiger partial charge in [-0.3, -0.25) is 9.36 Å². The molecule has 0 aromatic heterocycles. The lowest BCUT2D eigenvalue weighted by Gasteiger charge is -2.38. The fraction of sp³-hybridized carbons (Fsp3) is 0.500. The Labute approximate surface area is 202 Å². The standard InChI is InChI=1S/C26H36N3O4P/c1-20-17-28(2)18-25(33-20)19-32-34(3,31)29-14-12-24(13-15-29)27-26(30)23-11-7-10-22(16-23)21-8-5-4-6-9-21/h4-11,16,20,24-25H,12-15,17-19H2,1-3H3,(H,27,30). The molecular weight excluding hydrogens is 449 g/mol. The van der Waals surface area contributed by atoms with E-state index in [1.165, 1.54) is 0 Å². The van der Waals surface area contributed by atoms with E-state index >= 15 is 0 Å². The van der Waals surface area contributed by atoms with Crippen LogP contribution in [0, 0.1) is 0 Å². The van der Waals surface area contributed by atoms with Crippen LogP contribution in [0.15, 0.2) is 54.6 Å². The van der Waals surface area contributed by atoms with Gasteiger partial charge < -0.3 is 19.5 Å². The van der Waals surface area contributed by atoms with Crippen molar-refractivity contribution in [3.8, 4) is 11.1 Å². The molecule has 7 nitrogen and oxygen atoms in total. The zero-order chi connectivity index (χ0) is 24.1. The van der Waals surface area contributed by atoms with E-state index in [2.05, 4.69) is 17.3 Å². The third-order valence-electron chi connectivity index (χ3n) is 6.56. The first-order chi connectivity index (χ1) is 16.3. The highest BCUT2D eigenvalue weighted by atomic mass is 31.2. The van der Waals surface area contributed by atoms with Crippen molar-refractivity contribution in [2.75, 3.05) is 46.5 Å². The number of carbonyl (C=O) groups excluding carboxylic acids is 1. The van der Waals surface area contributed by atoms with E-state index < -0.39 is 7.52 Å². The Bertz CT molecular complexity index is 1000. The summed E-state index contributed by atoms with van der Waals surface area (Å²) in [6.07, 6.45) is 1.57. The monoisotopic (exact) mass is 485 g/mol. The second-order valence-corrected chi connectivity index (χ2v) is 12.0. The summed E-state index contributed by atoms with van der Waals surface area (Å²) < 4.78 is 27.0. The van der Waals surface area contributed by atoms with Crippen LogP contribution in [0.3, 0.4) is 0 Å². The van der Waals surface area contributed by atoms with Gasteiger partial charge in [0.05, 0.1) is 18.8 Å². The van der Waals surface area contributed by atoms with Gasteiger partial charge in [-0.25, -0.2) is 4.67 Å². The van der Waals surface area contributed by atoms with Gasteiger partial charge in [0, 0.05) is 44.4 Å². The van der Waals surface area contributed by atoms with E-state index in [-0.39, 0.29) is 24.2 Å². The summed E-state index contributed by atoms with van der Waals surface area (Å²) in [4.78, 5) is 15.1. The number of carbonyl (C=O) groups is 1. The summed E-state index contributed by atoms with van der Waals surface area (Å²) in [7, 11) is -0.847. The Balaban J connectivity index is 1.26. The Morgan fingerprint density at radius 1 is 1.09 bits per heavy atom. The van der Waals surface area contributed by atoms with Crippen molar-refractivity contribution in [1.82, 2.24) is 14.9 Å². The van der Waals surface area contributed by atoms with Crippen LogP contribution in [0.2, 0.25) is 0 Å². The molecule has 0 spiro atoms. The number of hydrogen-bond acceptors (Lipinski definition) is 5. The smallest absolute Gasteiger partial charge is 0.269 e. The number of piperidine rings is 1. The van der Waals surface area contributed by atoms with Crippen LogP contribution in [0.25, 0.3) is 11.1 Å². The van der Waals surface area contributed by atoms with E-state index in [0.29, 0.717) is 25.3 Å². The summed E-state index contributed by atoms with van der Waals surface area (Å²) in [5, 5.41) is 3.16. The first kappa shape index (κ1) is 25.1. The molecule has 3 atom stereocenters. The van der Waals surface area contributed by atoms with Crippen molar-refractivity contribution in [2.24, 2.45) is 0 Å². The topological polar surface area (TPSA) is 71.1 Å². The number of likely N-dealkylation sites (N-methyl/N-ethyl adjacent to an activating group) is 1. The van der Waals surface area contributed by atoms with Crippen LogP contribution in [0.5, 0.6) is 0 Å². The first-order valence-corrected chi connectivity index (χ1v) is 14.1. The van der Waals surface area contributed by atoms with Gasteiger partial charge in [-0.1, -0.05) is 42.5 Å². The molecule has 1 N–H and O–H groups in total. The molecule has 2 aromatic carbocycles. The maximum absolute atomic E-state index is 13.2. The van der Waals surface area contributed by atoms with E-state index in [1.807, 2.05) is 66.2 Å². The third kappa shape index (κ3) is 6.55. The van der Waals surface area contributed by atoms with Crippen molar-refractivity contribution in [3.05, 3.63) is 60.2 Å². The van der Waals surface area contributed by atoms with Crippen LogP contribution in [-0.2, 0) is 13.8 Å². The number of rotatable bonds is 7. The Hall–Kier alpha value is -2.02. The van der Waals surface area contributed by atoms with Crippen LogP contribution in [-0.4, -0.2) is 80.2 Å². The molecule has 1 amide bonds. The lowest BCUT2D eigenvalue weighted by molar-refractivity contribution is -0.0854. The maximum atomic E-state index is 13.2. The minimum absolute atomic E-state index is 0.0558. The predicted molar refractivity (Wildman–Crippen MR) is 135 cm³/mol. The molecular formula is C26H36N3O4P. The van der Waals surface area contributed by atoms with Crippen molar-refractivity contribution >= 4 is 13.4 Å². The minimum atomic E-state index is -2.91. The Morgan fingerprint density at radius 2 is 1.79 bits per heavy atom. The van der Waals surface area contributed by atoms with Gasteiger partial charge in [-0.2, -0.15) is 0 Å². The first-order valence-electron chi connectivity index (χ1n) is 12.1. The largest absolute Gasteiger partial charge is 0.370 e. The zero-order valence-corrected chi connectivity index (χ0v) is 21.2. The Kier molecular flexibility index (Phi) is 8.22. The van der Waals surface area contributed by atoms with Crippen LogP contribution >= 0.6 is 7.52 Å². The predicted octanol–water partition coefficient (Wildman–Crippen LogP) is 4.11. The molecule has 0 radical (unpaired) electrons. The van der Waals surface area contributed by atoms with Gasteiger partial charge in [0.15, 0.2) is 0 Å². The van der Waals surface area contributed by atoms with Gasteiger partial charge in [-0.05, 0) is 50.1 Å². The molecule has 2 aliphatic rings. The molecule has 8 heteroatoms. The van der Waals surface area contributed by atoms with Crippen molar-refractivity contribution < 1.29 is 18.6 Å². The lowest BCUT2D eigenvalue weighted by Crippen LogP contribution is -2.46. The number of nitrogens with one attached hydrogen (secondary N) is 1. The summed E-state index contributed by atoms with van der Waals surface area (Å²) in [6, 6.07) is 17.8. The molecule has 2 heterocycles. The molecule has 0 bridgehead atoms. The molecule has 2 aromatic rings. The average Bonchev–Trinajstić information content (AvgIpc) is 2.83. The second-order valence-electron chi connectivity index (χ2n) is 9.54.